The van der Waals surface area contributed by atoms with Gasteiger partial charge in [0.25, 0.3) is 0 Å². The van der Waals surface area contributed by atoms with Crippen LogP contribution in [0.15, 0.2) is 12.4 Å². The molecule has 100 valence electrons. The number of nitrogens with zero attached hydrogens (tertiary/aromatic N) is 2. The molecular formula is C15H25N3. The molecule has 2 saturated carbocycles. The van der Waals surface area contributed by atoms with Crippen LogP contribution in [0.2, 0.25) is 0 Å². The van der Waals surface area contributed by atoms with E-state index in [-0.39, 0.29) is 0 Å². The van der Waals surface area contributed by atoms with Crippen LogP contribution in [0.25, 0.3) is 0 Å². The van der Waals surface area contributed by atoms with Crippen LogP contribution in [0.1, 0.15) is 51.4 Å². The molecule has 1 N–H and O–H groups in total. The van der Waals surface area contributed by atoms with Crippen molar-refractivity contribution < 1.29 is 0 Å². The van der Waals surface area contributed by atoms with Gasteiger partial charge in [0, 0.05) is 18.9 Å². The van der Waals surface area contributed by atoms with Gasteiger partial charge in [0.2, 0.25) is 0 Å². The zero-order valence-electron chi connectivity index (χ0n) is 11.6. The third kappa shape index (κ3) is 1.99. The van der Waals surface area contributed by atoms with Crippen molar-refractivity contribution in [2.24, 2.45) is 17.8 Å². The lowest BCUT2D eigenvalue weighted by atomic mass is 9.83. The van der Waals surface area contributed by atoms with Gasteiger partial charge in [0.15, 0.2) is 0 Å². The number of rotatable bonds is 5. The SMILES string of the molecule is CCNC(c1nccn1CC)C1CC2CCC1C2. The molecule has 0 radical (unpaired) electrons. The molecule has 4 unspecified atom stereocenters. The van der Waals surface area contributed by atoms with Crippen molar-refractivity contribution in [1.82, 2.24) is 14.9 Å². The minimum atomic E-state index is 0.472. The van der Waals surface area contributed by atoms with Crippen LogP contribution < -0.4 is 5.32 Å². The quantitative estimate of drug-likeness (QED) is 0.867. The lowest BCUT2D eigenvalue weighted by Crippen LogP contribution is -2.33. The van der Waals surface area contributed by atoms with Gasteiger partial charge in [0.05, 0.1) is 6.04 Å². The highest BCUT2D eigenvalue weighted by atomic mass is 15.1. The molecule has 4 atom stereocenters. The van der Waals surface area contributed by atoms with Crippen molar-refractivity contribution in [3.63, 3.8) is 0 Å². The van der Waals surface area contributed by atoms with E-state index in [9.17, 15) is 0 Å². The maximum Gasteiger partial charge on any atom is 0.126 e. The minimum absolute atomic E-state index is 0.472. The van der Waals surface area contributed by atoms with Crippen molar-refractivity contribution in [2.75, 3.05) is 6.54 Å². The first-order valence-electron chi connectivity index (χ1n) is 7.57. The molecule has 18 heavy (non-hydrogen) atoms. The molecule has 2 bridgehead atoms. The van der Waals surface area contributed by atoms with Gasteiger partial charge in [-0.2, -0.15) is 0 Å². The van der Waals surface area contributed by atoms with Crippen molar-refractivity contribution >= 4 is 0 Å². The Labute approximate surface area is 110 Å². The first-order chi connectivity index (χ1) is 8.83. The molecule has 0 aromatic carbocycles. The smallest absolute Gasteiger partial charge is 0.126 e. The molecule has 3 nitrogen and oxygen atoms in total. The molecule has 1 heterocycles. The van der Waals surface area contributed by atoms with Crippen LogP contribution in [-0.2, 0) is 6.54 Å². The van der Waals surface area contributed by atoms with E-state index in [0.717, 1.165) is 30.8 Å². The number of aryl methyl sites for hydroxylation is 1. The van der Waals surface area contributed by atoms with Crippen molar-refractivity contribution in [3.8, 4) is 0 Å². The Kier molecular flexibility index (Phi) is 3.42. The van der Waals surface area contributed by atoms with Gasteiger partial charge in [-0.05, 0) is 50.5 Å². The molecular weight excluding hydrogens is 222 g/mol. The van der Waals surface area contributed by atoms with Crippen LogP contribution in [0.4, 0.5) is 0 Å². The molecule has 1 aromatic heterocycles. The van der Waals surface area contributed by atoms with Gasteiger partial charge in [-0.3, -0.25) is 0 Å². The van der Waals surface area contributed by atoms with Gasteiger partial charge in [-0.1, -0.05) is 13.3 Å². The van der Waals surface area contributed by atoms with Crippen LogP contribution in [0.5, 0.6) is 0 Å². The summed E-state index contributed by atoms with van der Waals surface area (Å²) in [6.45, 7) is 6.47. The predicted octanol–water partition coefficient (Wildman–Crippen LogP) is 2.99. The molecule has 3 heteroatoms. The van der Waals surface area contributed by atoms with E-state index in [2.05, 4.69) is 34.9 Å². The zero-order valence-corrected chi connectivity index (χ0v) is 11.6. The van der Waals surface area contributed by atoms with Gasteiger partial charge in [-0.15, -0.1) is 0 Å². The second-order valence-electron chi connectivity index (χ2n) is 5.95. The second-order valence-corrected chi connectivity index (χ2v) is 5.95. The number of aromatic nitrogens is 2. The topological polar surface area (TPSA) is 29.9 Å². The summed E-state index contributed by atoms with van der Waals surface area (Å²) in [6, 6.07) is 0.472. The van der Waals surface area contributed by atoms with E-state index in [0.29, 0.717) is 6.04 Å². The maximum absolute atomic E-state index is 4.63. The fraction of sp³-hybridized carbons (Fsp3) is 0.800. The van der Waals surface area contributed by atoms with Crippen LogP contribution in [-0.4, -0.2) is 16.1 Å². The highest BCUT2D eigenvalue weighted by molar-refractivity contribution is 5.06. The van der Waals surface area contributed by atoms with Crippen molar-refractivity contribution in [2.45, 2.75) is 52.1 Å². The molecule has 1 aromatic rings. The van der Waals surface area contributed by atoms with E-state index in [1.54, 1.807) is 0 Å². The normalized spacial score (nSPS) is 32.0. The Morgan fingerprint density at radius 2 is 2.28 bits per heavy atom. The van der Waals surface area contributed by atoms with E-state index in [1.165, 1.54) is 31.5 Å². The third-order valence-corrected chi connectivity index (χ3v) is 5.01. The lowest BCUT2D eigenvalue weighted by molar-refractivity contribution is 0.241. The first kappa shape index (κ1) is 12.2. The molecule has 2 aliphatic carbocycles. The predicted molar refractivity (Wildman–Crippen MR) is 73.3 cm³/mol. The maximum atomic E-state index is 4.63. The summed E-state index contributed by atoms with van der Waals surface area (Å²) >= 11 is 0. The largest absolute Gasteiger partial charge is 0.334 e. The lowest BCUT2D eigenvalue weighted by Gasteiger charge is -2.31. The van der Waals surface area contributed by atoms with E-state index >= 15 is 0 Å². The molecule has 0 spiro atoms. The molecule has 3 rings (SSSR count). The summed E-state index contributed by atoms with van der Waals surface area (Å²) in [5.74, 6) is 4.03. The summed E-state index contributed by atoms with van der Waals surface area (Å²) in [7, 11) is 0. The molecule has 0 amide bonds. The Balaban J connectivity index is 1.84. The fourth-order valence-corrected chi connectivity index (χ4v) is 4.22. The van der Waals surface area contributed by atoms with Crippen LogP contribution >= 0.6 is 0 Å². The number of hydrogen-bond donors (Lipinski definition) is 1. The van der Waals surface area contributed by atoms with E-state index < -0.39 is 0 Å². The van der Waals surface area contributed by atoms with Gasteiger partial charge >= 0.3 is 0 Å². The summed E-state index contributed by atoms with van der Waals surface area (Å²) < 4.78 is 2.30. The first-order valence-corrected chi connectivity index (χ1v) is 7.57. The highest BCUT2D eigenvalue weighted by Gasteiger charge is 2.44. The molecule has 0 saturated heterocycles. The summed E-state index contributed by atoms with van der Waals surface area (Å²) in [4.78, 5) is 4.63. The Bertz CT molecular complexity index is 398. The zero-order chi connectivity index (χ0) is 12.5. The van der Waals surface area contributed by atoms with Gasteiger partial charge < -0.3 is 9.88 Å². The second kappa shape index (κ2) is 5.04. The monoisotopic (exact) mass is 247 g/mol. The third-order valence-electron chi connectivity index (χ3n) is 5.01. The Hall–Kier alpha value is -0.830. The average molecular weight is 247 g/mol. The average Bonchev–Trinajstić information content (AvgIpc) is 3.10. The van der Waals surface area contributed by atoms with Crippen molar-refractivity contribution in [1.29, 1.82) is 0 Å². The van der Waals surface area contributed by atoms with Crippen LogP contribution in [0, 0.1) is 17.8 Å². The number of nitrogens with one attached hydrogen (secondary N) is 1. The van der Waals surface area contributed by atoms with E-state index in [4.69, 9.17) is 0 Å². The Morgan fingerprint density at radius 3 is 2.89 bits per heavy atom. The van der Waals surface area contributed by atoms with Gasteiger partial charge in [0.1, 0.15) is 5.82 Å². The van der Waals surface area contributed by atoms with E-state index in [1.807, 2.05) is 6.20 Å². The molecule has 2 fully saturated rings. The van der Waals surface area contributed by atoms with Gasteiger partial charge in [-0.25, -0.2) is 4.98 Å². The fourth-order valence-electron chi connectivity index (χ4n) is 4.22. The Morgan fingerprint density at radius 1 is 1.39 bits per heavy atom. The summed E-state index contributed by atoms with van der Waals surface area (Å²) in [5.41, 5.74) is 0. The number of hydrogen-bond acceptors (Lipinski definition) is 2. The minimum Gasteiger partial charge on any atom is -0.334 e. The highest BCUT2D eigenvalue weighted by Crippen LogP contribution is 2.52. The molecule has 0 aliphatic heterocycles. The summed E-state index contributed by atoms with van der Waals surface area (Å²) in [6.07, 6.45) is 9.88. The number of fused-ring (bicyclic) bond motifs is 2. The molecule has 2 aliphatic rings. The van der Waals surface area contributed by atoms with Crippen LogP contribution in [0.3, 0.4) is 0 Å². The standard InChI is InChI=1S/C15H25N3/c1-3-16-14(15-17-7-8-18(15)4-2)13-10-11-5-6-12(13)9-11/h7-8,11-14,16H,3-6,9-10H2,1-2H3. The van der Waals surface area contributed by atoms with Crippen molar-refractivity contribution in [3.05, 3.63) is 18.2 Å². The number of imidazole rings is 1. The summed E-state index contributed by atoms with van der Waals surface area (Å²) in [5, 5.41) is 3.70.